The number of nitrogens with one attached hydrogen (secondary N) is 2. The first-order valence-electron chi connectivity index (χ1n) is 9.43. The van der Waals surface area contributed by atoms with Crippen molar-refractivity contribution in [2.45, 2.75) is 24.7 Å². The largest absolute Gasteiger partial charge is 0.326 e. The molecule has 0 atom stereocenters. The molecule has 10 heteroatoms. The highest BCUT2D eigenvalue weighted by Crippen LogP contribution is 2.29. The zero-order valence-electron chi connectivity index (χ0n) is 16.2. The summed E-state index contributed by atoms with van der Waals surface area (Å²) in [6.45, 7) is 2.50. The van der Waals surface area contributed by atoms with Crippen LogP contribution in [0.3, 0.4) is 0 Å². The molecule has 0 spiro atoms. The van der Waals surface area contributed by atoms with Crippen molar-refractivity contribution >= 4 is 54.2 Å². The Morgan fingerprint density at radius 3 is 2.40 bits per heavy atom. The highest BCUT2D eigenvalue weighted by Gasteiger charge is 2.27. The lowest BCUT2D eigenvalue weighted by Gasteiger charge is -2.15. The van der Waals surface area contributed by atoms with Gasteiger partial charge in [-0.2, -0.15) is 4.31 Å². The van der Waals surface area contributed by atoms with Gasteiger partial charge in [-0.15, -0.1) is 0 Å². The average molecular weight is 445 g/mol. The van der Waals surface area contributed by atoms with Gasteiger partial charge in [-0.05, 0) is 55.3 Å². The number of benzene rings is 2. The molecule has 0 unspecified atom stereocenters. The zero-order chi connectivity index (χ0) is 21.3. The van der Waals surface area contributed by atoms with E-state index in [9.17, 15) is 18.0 Å². The molecule has 0 saturated carbocycles. The summed E-state index contributed by atoms with van der Waals surface area (Å²) in [4.78, 5) is 28.3. The van der Waals surface area contributed by atoms with Gasteiger partial charge in [0.15, 0.2) is 5.13 Å². The van der Waals surface area contributed by atoms with Crippen LogP contribution in [0.2, 0.25) is 0 Å². The van der Waals surface area contributed by atoms with Crippen LogP contribution in [0.4, 0.5) is 10.8 Å². The third kappa shape index (κ3) is 4.20. The van der Waals surface area contributed by atoms with Crippen molar-refractivity contribution in [2.24, 2.45) is 0 Å². The standard InChI is InChI=1S/C20H20N4O4S2/c1-13(25)21-15-6-9-17-18(12-15)29-20(22-17)23-19(26)14-4-7-16(8-5-14)30(27,28)24-10-2-3-11-24/h4-9,12H,2-3,10-11H2,1H3,(H,21,25)(H,22,23,26). The van der Waals surface area contributed by atoms with Crippen LogP contribution in [0.1, 0.15) is 30.1 Å². The SMILES string of the molecule is CC(=O)Nc1ccc2nc(NC(=O)c3ccc(S(=O)(=O)N4CCCC4)cc3)sc2c1. The van der Waals surface area contributed by atoms with Crippen LogP contribution in [0.25, 0.3) is 10.2 Å². The minimum Gasteiger partial charge on any atom is -0.326 e. The summed E-state index contributed by atoms with van der Waals surface area (Å²) in [5.74, 6) is -0.538. The van der Waals surface area contributed by atoms with Crippen LogP contribution >= 0.6 is 11.3 Å². The Morgan fingerprint density at radius 2 is 1.73 bits per heavy atom. The van der Waals surface area contributed by atoms with Gasteiger partial charge in [0.25, 0.3) is 5.91 Å². The monoisotopic (exact) mass is 444 g/mol. The number of sulfonamides is 1. The Balaban J connectivity index is 1.49. The summed E-state index contributed by atoms with van der Waals surface area (Å²) in [5, 5.41) is 5.87. The van der Waals surface area contributed by atoms with Crippen LogP contribution in [0.15, 0.2) is 47.4 Å². The van der Waals surface area contributed by atoms with Crippen molar-refractivity contribution in [3.05, 3.63) is 48.0 Å². The Kier molecular flexibility index (Phi) is 5.54. The summed E-state index contributed by atoms with van der Waals surface area (Å²) in [6.07, 6.45) is 1.74. The van der Waals surface area contributed by atoms with Crippen LogP contribution in [-0.4, -0.2) is 42.6 Å². The van der Waals surface area contributed by atoms with E-state index in [1.807, 2.05) is 0 Å². The smallest absolute Gasteiger partial charge is 0.257 e. The van der Waals surface area contributed by atoms with Gasteiger partial charge >= 0.3 is 0 Å². The molecular weight excluding hydrogens is 424 g/mol. The number of rotatable bonds is 5. The van der Waals surface area contributed by atoms with Crippen molar-refractivity contribution in [1.82, 2.24) is 9.29 Å². The molecule has 1 aliphatic heterocycles. The number of thiazole rings is 1. The van der Waals surface area contributed by atoms with Gasteiger partial charge in [-0.1, -0.05) is 11.3 Å². The number of fused-ring (bicyclic) bond motifs is 1. The molecule has 4 rings (SSSR count). The third-order valence-electron chi connectivity index (χ3n) is 4.75. The molecule has 0 radical (unpaired) electrons. The van der Waals surface area contributed by atoms with Crippen LogP contribution in [0.5, 0.6) is 0 Å². The molecule has 1 aromatic heterocycles. The fourth-order valence-electron chi connectivity index (χ4n) is 3.28. The van der Waals surface area contributed by atoms with Gasteiger partial charge in [-0.3, -0.25) is 14.9 Å². The molecule has 2 heterocycles. The third-order valence-corrected chi connectivity index (χ3v) is 7.60. The number of amides is 2. The highest BCUT2D eigenvalue weighted by atomic mass is 32.2. The van der Waals surface area contributed by atoms with Crippen molar-refractivity contribution in [1.29, 1.82) is 0 Å². The van der Waals surface area contributed by atoms with E-state index in [2.05, 4.69) is 15.6 Å². The maximum absolute atomic E-state index is 12.6. The average Bonchev–Trinajstić information content (AvgIpc) is 3.37. The molecule has 1 aliphatic rings. The Morgan fingerprint density at radius 1 is 1.03 bits per heavy atom. The van der Waals surface area contributed by atoms with E-state index >= 15 is 0 Å². The minimum absolute atomic E-state index is 0.164. The van der Waals surface area contributed by atoms with E-state index in [1.165, 1.54) is 46.8 Å². The van der Waals surface area contributed by atoms with Crippen LogP contribution < -0.4 is 10.6 Å². The topological polar surface area (TPSA) is 108 Å². The van der Waals surface area contributed by atoms with E-state index < -0.39 is 10.0 Å². The van der Waals surface area contributed by atoms with E-state index in [4.69, 9.17) is 0 Å². The molecule has 2 amide bonds. The molecule has 8 nitrogen and oxygen atoms in total. The second kappa shape index (κ2) is 8.13. The van der Waals surface area contributed by atoms with Gasteiger partial charge in [0.2, 0.25) is 15.9 Å². The predicted molar refractivity (Wildman–Crippen MR) is 116 cm³/mol. The van der Waals surface area contributed by atoms with E-state index in [0.717, 1.165) is 17.5 Å². The first-order valence-corrected chi connectivity index (χ1v) is 11.7. The molecule has 2 aromatic carbocycles. The van der Waals surface area contributed by atoms with E-state index in [1.54, 1.807) is 18.2 Å². The molecule has 0 bridgehead atoms. The quantitative estimate of drug-likeness (QED) is 0.628. The second-order valence-corrected chi connectivity index (χ2v) is 9.94. The van der Waals surface area contributed by atoms with Gasteiger partial charge in [0, 0.05) is 31.3 Å². The molecular formula is C20H20N4O4S2. The molecule has 2 N–H and O–H groups in total. The lowest BCUT2D eigenvalue weighted by atomic mass is 10.2. The lowest BCUT2D eigenvalue weighted by molar-refractivity contribution is -0.114. The highest BCUT2D eigenvalue weighted by molar-refractivity contribution is 7.89. The number of hydrogen-bond donors (Lipinski definition) is 2. The fourth-order valence-corrected chi connectivity index (χ4v) is 5.70. The first kappa shape index (κ1) is 20.5. The van der Waals surface area contributed by atoms with Crippen LogP contribution in [0, 0.1) is 0 Å². The molecule has 30 heavy (non-hydrogen) atoms. The Labute approximate surface area is 178 Å². The van der Waals surface area contributed by atoms with Crippen molar-refractivity contribution in [2.75, 3.05) is 23.7 Å². The Hall–Kier alpha value is -2.82. The molecule has 1 saturated heterocycles. The number of carbonyl (C=O) groups excluding carboxylic acids is 2. The van der Waals surface area contributed by atoms with Gasteiger partial charge in [-0.25, -0.2) is 13.4 Å². The van der Waals surface area contributed by atoms with E-state index in [0.29, 0.717) is 35.0 Å². The predicted octanol–water partition coefficient (Wildman–Crippen LogP) is 3.29. The first-order chi connectivity index (χ1) is 14.3. The van der Waals surface area contributed by atoms with Crippen molar-refractivity contribution < 1.29 is 18.0 Å². The maximum atomic E-state index is 12.6. The van der Waals surface area contributed by atoms with Gasteiger partial charge < -0.3 is 5.32 Å². The number of nitrogens with zero attached hydrogens (tertiary/aromatic N) is 2. The molecule has 1 fully saturated rings. The maximum Gasteiger partial charge on any atom is 0.257 e. The summed E-state index contributed by atoms with van der Waals surface area (Å²) in [5.41, 5.74) is 1.70. The normalized spacial score (nSPS) is 14.7. The van der Waals surface area contributed by atoms with Crippen LogP contribution in [-0.2, 0) is 14.8 Å². The summed E-state index contributed by atoms with van der Waals surface area (Å²) in [6, 6.07) is 11.2. The minimum atomic E-state index is -3.51. The molecule has 3 aromatic rings. The van der Waals surface area contributed by atoms with Gasteiger partial charge in [0.1, 0.15) is 0 Å². The summed E-state index contributed by atoms with van der Waals surface area (Å²) in [7, 11) is -3.51. The lowest BCUT2D eigenvalue weighted by Crippen LogP contribution is -2.27. The second-order valence-electron chi connectivity index (χ2n) is 6.97. The van der Waals surface area contributed by atoms with E-state index in [-0.39, 0.29) is 16.7 Å². The summed E-state index contributed by atoms with van der Waals surface area (Å²) < 4.78 is 27.5. The number of anilines is 2. The fraction of sp³-hybridized carbons (Fsp3) is 0.250. The number of aromatic nitrogens is 1. The molecule has 156 valence electrons. The van der Waals surface area contributed by atoms with Crippen molar-refractivity contribution in [3.63, 3.8) is 0 Å². The summed E-state index contributed by atoms with van der Waals surface area (Å²) >= 11 is 1.29. The van der Waals surface area contributed by atoms with Crippen molar-refractivity contribution in [3.8, 4) is 0 Å². The van der Waals surface area contributed by atoms with Gasteiger partial charge in [0.05, 0.1) is 15.1 Å². The zero-order valence-corrected chi connectivity index (χ0v) is 17.8. The number of hydrogen-bond acceptors (Lipinski definition) is 6. The number of carbonyl (C=O) groups is 2. The Bertz CT molecular complexity index is 1210. The molecule has 0 aliphatic carbocycles.